The number of halogens is 1. The number of aryl methyl sites for hydroxylation is 1. The third-order valence-electron chi connectivity index (χ3n) is 2.18. The molecule has 0 aromatic carbocycles. The first-order valence-corrected chi connectivity index (χ1v) is 5.82. The largest absolute Gasteiger partial charge is 0.340 e. The SMILES string of the molecule is CCC(Br)C(=O)N(C)Cc1cnn(C)c1. The van der Waals surface area contributed by atoms with Crippen molar-refractivity contribution in [2.24, 2.45) is 7.05 Å². The maximum Gasteiger partial charge on any atom is 0.236 e. The number of carbonyl (C=O) groups excluding carboxylic acids is 1. The number of hydrogen-bond donors (Lipinski definition) is 0. The van der Waals surface area contributed by atoms with Crippen LogP contribution in [0.5, 0.6) is 0 Å². The van der Waals surface area contributed by atoms with Crippen molar-refractivity contribution in [1.29, 1.82) is 0 Å². The molecule has 0 bridgehead atoms. The molecule has 5 heteroatoms. The standard InChI is InChI=1S/C10H16BrN3O/c1-4-9(11)10(15)13(2)6-8-5-12-14(3)7-8/h5,7,9H,4,6H2,1-3H3. The van der Waals surface area contributed by atoms with Gasteiger partial charge in [-0.15, -0.1) is 0 Å². The van der Waals surface area contributed by atoms with Crippen LogP contribution < -0.4 is 0 Å². The van der Waals surface area contributed by atoms with Crippen molar-refractivity contribution in [3.8, 4) is 0 Å². The van der Waals surface area contributed by atoms with Gasteiger partial charge in [-0.2, -0.15) is 5.10 Å². The first kappa shape index (κ1) is 12.2. The van der Waals surface area contributed by atoms with Gasteiger partial charge < -0.3 is 4.90 Å². The minimum absolute atomic E-state index is 0.0841. The zero-order valence-corrected chi connectivity index (χ0v) is 10.9. The average Bonchev–Trinajstić information content (AvgIpc) is 2.61. The molecule has 4 nitrogen and oxygen atoms in total. The molecular formula is C10H16BrN3O. The summed E-state index contributed by atoms with van der Waals surface area (Å²) in [6.07, 6.45) is 4.49. The van der Waals surface area contributed by atoms with E-state index in [0.717, 1.165) is 12.0 Å². The van der Waals surface area contributed by atoms with Crippen molar-refractivity contribution in [3.05, 3.63) is 18.0 Å². The predicted octanol–water partition coefficient (Wildman–Crippen LogP) is 1.55. The van der Waals surface area contributed by atoms with Gasteiger partial charge >= 0.3 is 0 Å². The molecule has 0 saturated carbocycles. The third-order valence-corrected chi connectivity index (χ3v) is 3.22. The monoisotopic (exact) mass is 273 g/mol. The minimum Gasteiger partial charge on any atom is -0.340 e. The Morgan fingerprint density at radius 3 is 2.87 bits per heavy atom. The minimum atomic E-state index is -0.0841. The fourth-order valence-corrected chi connectivity index (χ4v) is 1.67. The highest BCUT2D eigenvalue weighted by molar-refractivity contribution is 9.10. The van der Waals surface area contributed by atoms with E-state index in [-0.39, 0.29) is 10.7 Å². The van der Waals surface area contributed by atoms with Gasteiger partial charge in [0.2, 0.25) is 5.91 Å². The molecule has 1 aromatic rings. The highest BCUT2D eigenvalue weighted by Crippen LogP contribution is 2.10. The second-order valence-corrected chi connectivity index (χ2v) is 4.70. The van der Waals surface area contributed by atoms with E-state index in [1.807, 2.05) is 20.2 Å². The van der Waals surface area contributed by atoms with Crippen molar-refractivity contribution in [3.63, 3.8) is 0 Å². The smallest absolute Gasteiger partial charge is 0.236 e. The van der Waals surface area contributed by atoms with Crippen LogP contribution in [0, 0.1) is 0 Å². The molecule has 0 fully saturated rings. The van der Waals surface area contributed by atoms with Gasteiger partial charge in [-0.3, -0.25) is 9.48 Å². The fourth-order valence-electron chi connectivity index (χ4n) is 1.32. The Bertz CT molecular complexity index is 337. The molecule has 0 aliphatic carbocycles. The molecule has 15 heavy (non-hydrogen) atoms. The van der Waals surface area contributed by atoms with Crippen LogP contribution in [0.2, 0.25) is 0 Å². The highest BCUT2D eigenvalue weighted by atomic mass is 79.9. The van der Waals surface area contributed by atoms with Crippen molar-refractivity contribution in [1.82, 2.24) is 14.7 Å². The van der Waals surface area contributed by atoms with Crippen molar-refractivity contribution >= 4 is 21.8 Å². The zero-order chi connectivity index (χ0) is 11.4. The van der Waals surface area contributed by atoms with Crippen LogP contribution in [-0.2, 0) is 18.4 Å². The number of amides is 1. The van der Waals surface area contributed by atoms with Crippen LogP contribution in [0.1, 0.15) is 18.9 Å². The number of aromatic nitrogens is 2. The number of rotatable bonds is 4. The van der Waals surface area contributed by atoms with E-state index in [2.05, 4.69) is 21.0 Å². The fraction of sp³-hybridized carbons (Fsp3) is 0.600. The van der Waals surface area contributed by atoms with Gasteiger partial charge in [0.05, 0.1) is 11.0 Å². The summed E-state index contributed by atoms with van der Waals surface area (Å²) in [6, 6.07) is 0. The number of alkyl halides is 1. The van der Waals surface area contributed by atoms with Crippen LogP contribution in [0.4, 0.5) is 0 Å². The molecule has 0 aliphatic heterocycles. The molecule has 84 valence electrons. The second kappa shape index (κ2) is 5.30. The first-order valence-electron chi connectivity index (χ1n) is 4.91. The molecule has 0 N–H and O–H groups in total. The van der Waals surface area contributed by atoms with Crippen molar-refractivity contribution < 1.29 is 4.79 Å². The lowest BCUT2D eigenvalue weighted by molar-refractivity contribution is -0.129. The lowest BCUT2D eigenvalue weighted by Gasteiger charge is -2.18. The van der Waals surface area contributed by atoms with Gasteiger partial charge in [-0.25, -0.2) is 0 Å². The molecule has 0 radical (unpaired) electrons. The maximum absolute atomic E-state index is 11.7. The van der Waals surface area contributed by atoms with E-state index in [1.165, 1.54) is 0 Å². The Morgan fingerprint density at radius 1 is 1.73 bits per heavy atom. The Morgan fingerprint density at radius 2 is 2.40 bits per heavy atom. The molecule has 1 amide bonds. The van der Waals surface area contributed by atoms with E-state index in [0.29, 0.717) is 6.54 Å². The van der Waals surface area contributed by atoms with Gasteiger partial charge in [-0.05, 0) is 6.42 Å². The maximum atomic E-state index is 11.7. The molecule has 1 unspecified atom stereocenters. The summed E-state index contributed by atoms with van der Waals surface area (Å²) < 4.78 is 1.74. The number of carbonyl (C=O) groups is 1. The Labute approximate surface area is 98.4 Å². The van der Waals surface area contributed by atoms with Gasteiger partial charge in [0.15, 0.2) is 0 Å². The Hall–Kier alpha value is -0.840. The van der Waals surface area contributed by atoms with E-state index in [9.17, 15) is 4.79 Å². The third kappa shape index (κ3) is 3.34. The molecular weight excluding hydrogens is 258 g/mol. The summed E-state index contributed by atoms with van der Waals surface area (Å²) >= 11 is 3.35. The molecule has 1 aromatic heterocycles. The summed E-state index contributed by atoms with van der Waals surface area (Å²) in [7, 11) is 3.67. The summed E-state index contributed by atoms with van der Waals surface area (Å²) in [5, 5.41) is 4.06. The van der Waals surface area contributed by atoms with E-state index in [1.54, 1.807) is 22.8 Å². The average molecular weight is 274 g/mol. The van der Waals surface area contributed by atoms with Gasteiger partial charge in [0.1, 0.15) is 0 Å². The van der Waals surface area contributed by atoms with Crippen LogP contribution >= 0.6 is 15.9 Å². The number of hydrogen-bond acceptors (Lipinski definition) is 2. The van der Waals surface area contributed by atoms with Crippen LogP contribution in [0.3, 0.4) is 0 Å². The van der Waals surface area contributed by atoms with Gasteiger partial charge in [0.25, 0.3) is 0 Å². The van der Waals surface area contributed by atoms with Crippen LogP contribution in [-0.4, -0.2) is 32.5 Å². The second-order valence-electron chi connectivity index (χ2n) is 3.59. The number of nitrogens with zero attached hydrogens (tertiary/aromatic N) is 3. The van der Waals surface area contributed by atoms with Gasteiger partial charge in [-0.1, -0.05) is 22.9 Å². The Balaban J connectivity index is 2.55. The van der Waals surface area contributed by atoms with E-state index >= 15 is 0 Å². The van der Waals surface area contributed by atoms with Crippen molar-refractivity contribution in [2.75, 3.05) is 7.05 Å². The zero-order valence-electron chi connectivity index (χ0n) is 9.27. The molecule has 1 rings (SSSR count). The summed E-state index contributed by atoms with van der Waals surface area (Å²) in [5.74, 6) is 0.112. The predicted molar refractivity (Wildman–Crippen MR) is 62.7 cm³/mol. The van der Waals surface area contributed by atoms with E-state index in [4.69, 9.17) is 0 Å². The molecule has 1 atom stereocenters. The Kier molecular flexibility index (Phi) is 4.32. The summed E-state index contributed by atoms with van der Waals surface area (Å²) in [4.78, 5) is 13.4. The van der Waals surface area contributed by atoms with E-state index < -0.39 is 0 Å². The first-order chi connectivity index (χ1) is 7.04. The van der Waals surface area contributed by atoms with Gasteiger partial charge in [0, 0.05) is 32.4 Å². The topological polar surface area (TPSA) is 38.1 Å². The molecule has 0 spiro atoms. The summed E-state index contributed by atoms with van der Waals surface area (Å²) in [6.45, 7) is 2.59. The highest BCUT2D eigenvalue weighted by Gasteiger charge is 2.17. The molecule has 0 saturated heterocycles. The molecule has 1 heterocycles. The quantitative estimate of drug-likeness (QED) is 0.781. The van der Waals surface area contributed by atoms with Crippen LogP contribution in [0.25, 0.3) is 0 Å². The summed E-state index contributed by atoms with van der Waals surface area (Å²) in [5.41, 5.74) is 1.05. The lowest BCUT2D eigenvalue weighted by atomic mass is 10.3. The normalized spacial score (nSPS) is 12.5. The molecule has 0 aliphatic rings. The lowest BCUT2D eigenvalue weighted by Crippen LogP contribution is -2.32. The van der Waals surface area contributed by atoms with Crippen molar-refractivity contribution in [2.45, 2.75) is 24.7 Å². The van der Waals surface area contributed by atoms with Crippen LogP contribution in [0.15, 0.2) is 12.4 Å².